The summed E-state index contributed by atoms with van der Waals surface area (Å²) in [4.78, 5) is 33.5. The summed E-state index contributed by atoms with van der Waals surface area (Å²) in [5.74, 6) is 0.00857. The summed E-state index contributed by atoms with van der Waals surface area (Å²) < 4.78 is 4.87. The summed E-state index contributed by atoms with van der Waals surface area (Å²) in [5.41, 5.74) is 2.67. The largest absolute Gasteiger partial charge is 0.450 e. The molecule has 0 fully saturated rings. The summed E-state index contributed by atoms with van der Waals surface area (Å²) in [6.45, 7) is 3.18. The third-order valence-corrected chi connectivity index (χ3v) is 5.13. The van der Waals surface area contributed by atoms with E-state index in [1.54, 1.807) is 6.92 Å². The van der Waals surface area contributed by atoms with Gasteiger partial charge in [-0.25, -0.2) is 9.78 Å². The molecular weight excluding hydrogens is 352 g/mol. The number of nitrogens with one attached hydrogen (secondary N) is 1. The first-order valence-corrected chi connectivity index (χ1v) is 9.28. The Balaban J connectivity index is 1.68. The summed E-state index contributed by atoms with van der Waals surface area (Å²) in [6, 6.07) is 7.59. The molecule has 3 rings (SSSR count). The van der Waals surface area contributed by atoms with Crippen LogP contribution in [-0.2, 0) is 17.7 Å². The minimum atomic E-state index is -0.507. The van der Waals surface area contributed by atoms with E-state index < -0.39 is 6.09 Å². The molecule has 0 atom stereocenters. The molecule has 0 spiro atoms. The second kappa shape index (κ2) is 7.74. The summed E-state index contributed by atoms with van der Waals surface area (Å²) in [7, 11) is 3.93. The van der Waals surface area contributed by atoms with Crippen molar-refractivity contribution in [1.29, 1.82) is 0 Å². The Morgan fingerprint density at radius 3 is 2.69 bits per heavy atom. The Morgan fingerprint density at radius 2 is 2.04 bits per heavy atom. The third-order valence-electron chi connectivity index (χ3n) is 4.13. The number of carbonyl (C=O) groups excluding carboxylic acids is 2. The molecule has 2 heterocycles. The van der Waals surface area contributed by atoms with Gasteiger partial charge in [-0.3, -0.25) is 10.1 Å². The van der Waals surface area contributed by atoms with Gasteiger partial charge >= 0.3 is 6.09 Å². The lowest BCUT2D eigenvalue weighted by atomic mass is 10.1. The number of carbonyl (C=O) groups is 2. The standard InChI is InChI=1S/C18H22N4O3S/c1-4-25-18(24)20-17-19-14-9-10-22(11-15(14)26-17)16(23)12-5-7-13(8-6-12)21(2)3/h5-8H,4,9-11H2,1-3H3,(H,19,20,24). The monoisotopic (exact) mass is 374 g/mol. The van der Waals surface area contributed by atoms with Gasteiger partial charge in [0.05, 0.1) is 18.8 Å². The Labute approximate surface area is 156 Å². The molecule has 2 aromatic rings. The summed E-state index contributed by atoms with van der Waals surface area (Å²) in [6.07, 6.45) is 0.171. The van der Waals surface area contributed by atoms with E-state index in [1.165, 1.54) is 11.3 Å². The van der Waals surface area contributed by atoms with Crippen LogP contribution in [0.3, 0.4) is 0 Å². The molecule has 0 unspecified atom stereocenters. The number of benzene rings is 1. The number of amides is 2. The smallest absolute Gasteiger partial charge is 0.413 e. The van der Waals surface area contributed by atoms with E-state index >= 15 is 0 Å². The topological polar surface area (TPSA) is 74.8 Å². The van der Waals surface area contributed by atoms with E-state index in [4.69, 9.17) is 4.74 Å². The molecule has 2 amide bonds. The van der Waals surface area contributed by atoms with Crippen molar-refractivity contribution in [3.63, 3.8) is 0 Å². The lowest BCUT2D eigenvalue weighted by Crippen LogP contribution is -2.35. The number of ether oxygens (including phenoxy) is 1. The van der Waals surface area contributed by atoms with Crippen molar-refractivity contribution in [2.45, 2.75) is 19.9 Å². The number of anilines is 2. The SMILES string of the molecule is CCOC(=O)Nc1nc2c(s1)CN(C(=O)c1ccc(N(C)C)cc1)CC2. The molecule has 138 valence electrons. The van der Waals surface area contributed by atoms with Gasteiger partial charge in [-0.1, -0.05) is 11.3 Å². The molecule has 1 aromatic heterocycles. The van der Waals surface area contributed by atoms with E-state index in [2.05, 4.69) is 10.3 Å². The van der Waals surface area contributed by atoms with Crippen LogP contribution in [0.5, 0.6) is 0 Å². The molecule has 1 aliphatic heterocycles. The van der Waals surface area contributed by atoms with Gasteiger partial charge in [0.1, 0.15) is 0 Å². The first-order valence-electron chi connectivity index (χ1n) is 8.47. The van der Waals surface area contributed by atoms with Crippen LogP contribution >= 0.6 is 11.3 Å². The summed E-state index contributed by atoms with van der Waals surface area (Å²) in [5, 5.41) is 3.14. The van der Waals surface area contributed by atoms with E-state index in [0.717, 1.165) is 16.3 Å². The van der Waals surface area contributed by atoms with Crippen LogP contribution in [0.2, 0.25) is 0 Å². The second-order valence-electron chi connectivity index (χ2n) is 6.15. The highest BCUT2D eigenvalue weighted by molar-refractivity contribution is 7.15. The van der Waals surface area contributed by atoms with E-state index in [0.29, 0.717) is 36.8 Å². The van der Waals surface area contributed by atoms with Crippen molar-refractivity contribution in [3.8, 4) is 0 Å². The predicted molar refractivity (Wildman–Crippen MR) is 102 cm³/mol. The van der Waals surface area contributed by atoms with Crippen LogP contribution in [0, 0.1) is 0 Å². The molecule has 8 heteroatoms. The highest BCUT2D eigenvalue weighted by Crippen LogP contribution is 2.29. The van der Waals surface area contributed by atoms with Crippen molar-refractivity contribution in [3.05, 3.63) is 40.4 Å². The Kier molecular flexibility index (Phi) is 5.41. The quantitative estimate of drug-likeness (QED) is 0.890. The molecule has 7 nitrogen and oxygen atoms in total. The molecule has 1 aliphatic rings. The maximum Gasteiger partial charge on any atom is 0.413 e. The fourth-order valence-corrected chi connectivity index (χ4v) is 3.77. The van der Waals surface area contributed by atoms with E-state index in [1.807, 2.05) is 48.2 Å². The molecule has 0 saturated heterocycles. The van der Waals surface area contributed by atoms with Crippen LogP contribution in [0.25, 0.3) is 0 Å². The Morgan fingerprint density at radius 1 is 1.31 bits per heavy atom. The molecule has 0 aliphatic carbocycles. The van der Waals surface area contributed by atoms with Crippen LogP contribution < -0.4 is 10.2 Å². The number of hydrogen-bond acceptors (Lipinski definition) is 6. The van der Waals surface area contributed by atoms with Gasteiger partial charge in [0.2, 0.25) is 0 Å². The molecule has 0 saturated carbocycles. The molecule has 26 heavy (non-hydrogen) atoms. The highest BCUT2D eigenvalue weighted by Gasteiger charge is 2.25. The Hall–Kier alpha value is -2.61. The van der Waals surface area contributed by atoms with Gasteiger partial charge in [-0.15, -0.1) is 0 Å². The number of aromatic nitrogens is 1. The zero-order chi connectivity index (χ0) is 18.7. The van der Waals surface area contributed by atoms with Gasteiger partial charge in [0, 0.05) is 43.2 Å². The van der Waals surface area contributed by atoms with Crippen molar-refractivity contribution >= 4 is 34.2 Å². The number of thiazole rings is 1. The average Bonchev–Trinajstić information content (AvgIpc) is 3.02. The number of fused-ring (bicyclic) bond motifs is 1. The van der Waals surface area contributed by atoms with E-state index in [9.17, 15) is 9.59 Å². The second-order valence-corrected chi connectivity index (χ2v) is 7.24. The molecule has 0 radical (unpaired) electrons. The minimum absolute atomic E-state index is 0.00857. The average molecular weight is 374 g/mol. The zero-order valence-electron chi connectivity index (χ0n) is 15.1. The molecule has 1 aromatic carbocycles. The normalized spacial score (nSPS) is 13.1. The van der Waals surface area contributed by atoms with Gasteiger partial charge in [-0.2, -0.15) is 0 Å². The van der Waals surface area contributed by atoms with Crippen LogP contribution in [0.4, 0.5) is 15.6 Å². The van der Waals surface area contributed by atoms with Crippen molar-refractivity contribution in [2.24, 2.45) is 0 Å². The van der Waals surface area contributed by atoms with Crippen molar-refractivity contribution in [2.75, 3.05) is 37.5 Å². The van der Waals surface area contributed by atoms with Gasteiger partial charge in [-0.05, 0) is 31.2 Å². The van der Waals surface area contributed by atoms with Gasteiger partial charge in [0.15, 0.2) is 5.13 Å². The van der Waals surface area contributed by atoms with Crippen molar-refractivity contribution in [1.82, 2.24) is 9.88 Å². The van der Waals surface area contributed by atoms with E-state index in [-0.39, 0.29) is 5.91 Å². The third kappa shape index (κ3) is 3.96. The lowest BCUT2D eigenvalue weighted by Gasteiger charge is -2.26. The van der Waals surface area contributed by atoms with Gasteiger partial charge < -0.3 is 14.5 Å². The molecule has 0 bridgehead atoms. The maximum absolute atomic E-state index is 12.8. The number of hydrogen-bond donors (Lipinski definition) is 1. The fourth-order valence-electron chi connectivity index (χ4n) is 2.76. The van der Waals surface area contributed by atoms with Crippen LogP contribution in [0.1, 0.15) is 27.9 Å². The predicted octanol–water partition coefficient (Wildman–Crippen LogP) is 2.98. The molecular formula is C18H22N4O3S. The van der Waals surface area contributed by atoms with Gasteiger partial charge in [0.25, 0.3) is 5.91 Å². The Bertz CT molecular complexity index is 801. The summed E-state index contributed by atoms with van der Waals surface area (Å²) >= 11 is 1.39. The molecule has 1 N–H and O–H groups in total. The van der Waals surface area contributed by atoms with Crippen LogP contribution in [0.15, 0.2) is 24.3 Å². The number of rotatable bonds is 4. The first-order chi connectivity index (χ1) is 12.5. The zero-order valence-corrected chi connectivity index (χ0v) is 15.9. The fraction of sp³-hybridized carbons (Fsp3) is 0.389. The lowest BCUT2D eigenvalue weighted by molar-refractivity contribution is 0.0736. The maximum atomic E-state index is 12.8. The van der Waals surface area contributed by atoms with Crippen molar-refractivity contribution < 1.29 is 14.3 Å². The number of nitrogens with zero attached hydrogens (tertiary/aromatic N) is 3. The minimum Gasteiger partial charge on any atom is -0.450 e. The van der Waals surface area contributed by atoms with Crippen LogP contribution in [-0.4, -0.2) is 49.1 Å². The first kappa shape index (κ1) is 18.2. The highest BCUT2D eigenvalue weighted by atomic mass is 32.1.